The number of carboxylic acids is 1. The Morgan fingerprint density at radius 1 is 1.54 bits per heavy atom. The van der Waals surface area contributed by atoms with Crippen LogP contribution in [0.2, 0.25) is 0 Å². The van der Waals surface area contributed by atoms with Gasteiger partial charge in [0.15, 0.2) is 0 Å². The molecule has 0 amide bonds. The van der Waals surface area contributed by atoms with E-state index in [2.05, 4.69) is 4.98 Å². The lowest BCUT2D eigenvalue weighted by Crippen LogP contribution is -2.09. The fourth-order valence-corrected chi connectivity index (χ4v) is 1.56. The molecular formula is C9H12N2O2. The van der Waals surface area contributed by atoms with Gasteiger partial charge in [-0.05, 0) is 26.7 Å². The van der Waals surface area contributed by atoms with E-state index in [4.69, 9.17) is 5.11 Å². The summed E-state index contributed by atoms with van der Waals surface area (Å²) in [4.78, 5) is 14.9. The third-order valence-electron chi connectivity index (χ3n) is 2.49. The molecular weight excluding hydrogens is 168 g/mol. The van der Waals surface area contributed by atoms with Crippen LogP contribution in [0.5, 0.6) is 0 Å². The molecule has 1 heterocycles. The van der Waals surface area contributed by atoms with Gasteiger partial charge < -0.3 is 9.67 Å². The third kappa shape index (κ3) is 1.22. The lowest BCUT2D eigenvalue weighted by atomic mass is 10.4. The molecule has 0 saturated heterocycles. The predicted molar refractivity (Wildman–Crippen MR) is 46.9 cm³/mol. The zero-order valence-electron chi connectivity index (χ0n) is 7.74. The van der Waals surface area contributed by atoms with E-state index in [1.54, 1.807) is 0 Å². The molecule has 1 aliphatic carbocycles. The summed E-state index contributed by atoms with van der Waals surface area (Å²) in [5.74, 6) is -0.736. The maximum absolute atomic E-state index is 10.8. The van der Waals surface area contributed by atoms with Gasteiger partial charge in [0.1, 0.15) is 0 Å². The van der Waals surface area contributed by atoms with Gasteiger partial charge in [0, 0.05) is 11.7 Å². The number of carboxylic acid groups (broad SMARTS) is 1. The lowest BCUT2D eigenvalue weighted by molar-refractivity contribution is 0.0677. The van der Waals surface area contributed by atoms with Gasteiger partial charge in [-0.2, -0.15) is 0 Å². The number of nitrogens with zero attached hydrogens (tertiary/aromatic N) is 2. The van der Waals surface area contributed by atoms with Crippen molar-refractivity contribution < 1.29 is 9.90 Å². The summed E-state index contributed by atoms with van der Waals surface area (Å²) >= 11 is 0. The van der Waals surface area contributed by atoms with Crippen molar-refractivity contribution in [2.75, 3.05) is 0 Å². The summed E-state index contributed by atoms with van der Waals surface area (Å²) in [6.45, 7) is 3.77. The number of carbonyl (C=O) groups is 1. The second-order valence-electron chi connectivity index (χ2n) is 3.51. The van der Waals surface area contributed by atoms with Gasteiger partial charge in [0.2, 0.25) is 5.82 Å². The molecule has 0 aromatic carbocycles. The number of aromatic carboxylic acids is 1. The molecule has 1 N–H and O–H groups in total. The van der Waals surface area contributed by atoms with Crippen molar-refractivity contribution in [3.8, 4) is 0 Å². The van der Waals surface area contributed by atoms with Crippen LogP contribution in [0.25, 0.3) is 0 Å². The minimum absolute atomic E-state index is 0.192. The van der Waals surface area contributed by atoms with Gasteiger partial charge in [-0.3, -0.25) is 0 Å². The minimum atomic E-state index is -0.928. The van der Waals surface area contributed by atoms with E-state index in [1.807, 2.05) is 18.4 Å². The monoisotopic (exact) mass is 180 g/mol. The highest BCUT2D eigenvalue weighted by Gasteiger charge is 2.30. The first kappa shape index (κ1) is 8.29. The van der Waals surface area contributed by atoms with Gasteiger partial charge >= 0.3 is 5.97 Å². The number of rotatable bonds is 2. The van der Waals surface area contributed by atoms with Crippen LogP contribution in [0.4, 0.5) is 0 Å². The molecule has 0 radical (unpaired) electrons. The second-order valence-corrected chi connectivity index (χ2v) is 3.51. The molecule has 1 aliphatic rings. The third-order valence-corrected chi connectivity index (χ3v) is 2.49. The van der Waals surface area contributed by atoms with E-state index >= 15 is 0 Å². The number of hydrogen-bond acceptors (Lipinski definition) is 2. The Morgan fingerprint density at radius 2 is 2.15 bits per heavy atom. The molecule has 0 aliphatic heterocycles. The van der Waals surface area contributed by atoms with Crippen molar-refractivity contribution in [3.05, 3.63) is 17.2 Å². The number of aromatic nitrogens is 2. The van der Waals surface area contributed by atoms with E-state index < -0.39 is 5.97 Å². The zero-order chi connectivity index (χ0) is 9.59. The quantitative estimate of drug-likeness (QED) is 0.750. The van der Waals surface area contributed by atoms with Crippen molar-refractivity contribution in [1.29, 1.82) is 0 Å². The fourth-order valence-electron chi connectivity index (χ4n) is 1.56. The van der Waals surface area contributed by atoms with Crippen LogP contribution in [0.15, 0.2) is 0 Å². The maximum atomic E-state index is 10.8. The molecule has 1 aromatic heterocycles. The first-order valence-corrected chi connectivity index (χ1v) is 4.40. The Balaban J connectivity index is 2.54. The van der Waals surface area contributed by atoms with Crippen LogP contribution in [0.3, 0.4) is 0 Å². The summed E-state index contributed by atoms with van der Waals surface area (Å²) in [5.41, 5.74) is 1.81. The highest BCUT2D eigenvalue weighted by atomic mass is 16.4. The minimum Gasteiger partial charge on any atom is -0.475 e. The molecule has 4 nitrogen and oxygen atoms in total. The summed E-state index contributed by atoms with van der Waals surface area (Å²) in [7, 11) is 0. The highest BCUT2D eigenvalue weighted by Crippen LogP contribution is 2.37. The molecule has 0 spiro atoms. The van der Waals surface area contributed by atoms with Crippen LogP contribution >= 0.6 is 0 Å². The predicted octanol–water partition coefficient (Wildman–Crippen LogP) is 1.53. The van der Waals surface area contributed by atoms with Crippen LogP contribution < -0.4 is 0 Å². The Labute approximate surface area is 76.2 Å². The summed E-state index contributed by atoms with van der Waals surface area (Å²) in [5, 5.41) is 8.90. The topological polar surface area (TPSA) is 55.1 Å². The smallest absolute Gasteiger partial charge is 0.372 e. The Hall–Kier alpha value is -1.32. The molecule has 1 fully saturated rings. The molecule has 0 bridgehead atoms. The molecule has 1 aromatic rings. The van der Waals surface area contributed by atoms with Gasteiger partial charge in [-0.15, -0.1) is 0 Å². The van der Waals surface area contributed by atoms with Crippen LogP contribution in [0.1, 0.15) is 40.9 Å². The summed E-state index contributed by atoms with van der Waals surface area (Å²) < 4.78 is 1.84. The van der Waals surface area contributed by atoms with E-state index in [1.165, 1.54) is 0 Å². The molecule has 70 valence electrons. The van der Waals surface area contributed by atoms with Crippen molar-refractivity contribution in [3.63, 3.8) is 0 Å². The summed E-state index contributed by atoms with van der Waals surface area (Å²) in [6.07, 6.45) is 2.16. The molecule has 2 rings (SSSR count). The van der Waals surface area contributed by atoms with Crippen molar-refractivity contribution in [2.45, 2.75) is 32.7 Å². The van der Waals surface area contributed by atoms with Gasteiger partial charge in [-0.25, -0.2) is 9.78 Å². The maximum Gasteiger partial charge on any atom is 0.372 e. The van der Waals surface area contributed by atoms with E-state index in [0.717, 1.165) is 24.2 Å². The van der Waals surface area contributed by atoms with Crippen molar-refractivity contribution in [2.24, 2.45) is 0 Å². The first-order valence-electron chi connectivity index (χ1n) is 4.40. The average Bonchev–Trinajstić information content (AvgIpc) is 2.82. The van der Waals surface area contributed by atoms with Gasteiger partial charge in [-0.1, -0.05) is 0 Å². The zero-order valence-corrected chi connectivity index (χ0v) is 7.74. The Morgan fingerprint density at radius 3 is 2.62 bits per heavy atom. The van der Waals surface area contributed by atoms with E-state index in [0.29, 0.717) is 6.04 Å². The standard InChI is InChI=1S/C9H12N2O2/c1-5-6(2)11(7-3-4-7)8(10-5)9(12)13/h7H,3-4H2,1-2H3,(H,12,13). The number of imidazole rings is 1. The summed E-state index contributed by atoms with van der Waals surface area (Å²) in [6, 6.07) is 0.382. The van der Waals surface area contributed by atoms with Gasteiger partial charge in [0.05, 0.1) is 5.69 Å². The van der Waals surface area contributed by atoms with Gasteiger partial charge in [0.25, 0.3) is 0 Å². The van der Waals surface area contributed by atoms with Crippen molar-refractivity contribution >= 4 is 5.97 Å². The highest BCUT2D eigenvalue weighted by molar-refractivity contribution is 5.84. The van der Waals surface area contributed by atoms with Crippen LogP contribution in [-0.4, -0.2) is 20.6 Å². The van der Waals surface area contributed by atoms with Crippen LogP contribution in [0, 0.1) is 13.8 Å². The van der Waals surface area contributed by atoms with Crippen LogP contribution in [-0.2, 0) is 0 Å². The molecule has 0 unspecified atom stereocenters. The second kappa shape index (κ2) is 2.58. The fraction of sp³-hybridized carbons (Fsp3) is 0.556. The number of aryl methyl sites for hydroxylation is 1. The molecule has 1 saturated carbocycles. The molecule has 0 atom stereocenters. The molecule has 4 heteroatoms. The van der Waals surface area contributed by atoms with E-state index in [-0.39, 0.29) is 5.82 Å². The normalized spacial score (nSPS) is 16.2. The largest absolute Gasteiger partial charge is 0.475 e. The Bertz CT molecular complexity index is 364. The molecule has 13 heavy (non-hydrogen) atoms. The van der Waals surface area contributed by atoms with Crippen molar-refractivity contribution in [1.82, 2.24) is 9.55 Å². The van der Waals surface area contributed by atoms with E-state index in [9.17, 15) is 4.79 Å². The number of hydrogen-bond donors (Lipinski definition) is 1. The average molecular weight is 180 g/mol. The Kier molecular flexibility index (Phi) is 1.65. The first-order chi connectivity index (χ1) is 6.11. The lowest BCUT2D eigenvalue weighted by Gasteiger charge is -2.04. The SMILES string of the molecule is Cc1nc(C(=O)O)n(C2CC2)c1C.